The fourth-order valence-electron chi connectivity index (χ4n) is 4.65. The third kappa shape index (κ3) is 3.18. The number of hydrogen-bond acceptors (Lipinski definition) is 4. The number of thiophene rings is 1. The molecule has 2 aromatic carbocycles. The zero-order valence-corrected chi connectivity index (χ0v) is 18.2. The Morgan fingerprint density at radius 3 is 2.44 bits per heavy atom. The highest BCUT2D eigenvalue weighted by Gasteiger charge is 2.35. The van der Waals surface area contributed by atoms with E-state index in [9.17, 15) is 9.50 Å². The van der Waals surface area contributed by atoms with E-state index in [1.54, 1.807) is 23.5 Å². The second kappa shape index (κ2) is 7.43. The van der Waals surface area contributed by atoms with Gasteiger partial charge in [-0.05, 0) is 54.3 Å². The van der Waals surface area contributed by atoms with Gasteiger partial charge in [0.25, 0.3) is 0 Å². The highest BCUT2D eigenvalue weighted by atomic mass is 32.1. The van der Waals surface area contributed by atoms with Gasteiger partial charge < -0.3 is 14.4 Å². The summed E-state index contributed by atoms with van der Waals surface area (Å²) in [5.41, 5.74) is 3.09. The van der Waals surface area contributed by atoms with Gasteiger partial charge in [-0.2, -0.15) is 0 Å². The molecule has 0 unspecified atom stereocenters. The van der Waals surface area contributed by atoms with Crippen LogP contribution in [0.25, 0.3) is 26.3 Å². The van der Waals surface area contributed by atoms with Gasteiger partial charge in [0.15, 0.2) is 5.82 Å². The number of nitrogens with zero attached hydrogens (tertiary/aromatic N) is 3. The van der Waals surface area contributed by atoms with Gasteiger partial charge in [-0.15, -0.1) is 11.3 Å². The van der Waals surface area contributed by atoms with Crippen LogP contribution in [0.1, 0.15) is 18.4 Å². The van der Waals surface area contributed by atoms with E-state index in [2.05, 4.69) is 58.0 Å². The molecule has 1 saturated heterocycles. The summed E-state index contributed by atoms with van der Waals surface area (Å²) in [5, 5.41) is 11.2. The summed E-state index contributed by atoms with van der Waals surface area (Å²) >= 11 is 1.75. The maximum Gasteiger partial charge on any atom is 0.153 e. The first-order valence-electron chi connectivity index (χ1n) is 10.8. The Morgan fingerprint density at radius 2 is 1.69 bits per heavy atom. The third-order valence-electron chi connectivity index (χ3n) is 6.45. The van der Waals surface area contributed by atoms with Crippen LogP contribution in [0, 0.1) is 5.82 Å². The number of halogens is 1. The number of aliphatic hydroxyl groups is 1. The summed E-state index contributed by atoms with van der Waals surface area (Å²) in [6.07, 6.45) is 3.24. The Morgan fingerprint density at radius 1 is 0.938 bits per heavy atom. The van der Waals surface area contributed by atoms with Gasteiger partial charge in [0.05, 0.1) is 11.1 Å². The van der Waals surface area contributed by atoms with Crippen LogP contribution in [0.15, 0.2) is 79.0 Å². The molecule has 0 atom stereocenters. The lowest BCUT2D eigenvalue weighted by Crippen LogP contribution is -2.43. The lowest BCUT2D eigenvalue weighted by molar-refractivity contribution is 0.0116. The summed E-state index contributed by atoms with van der Waals surface area (Å²) in [7, 11) is 0. The first-order chi connectivity index (χ1) is 15.6. The van der Waals surface area contributed by atoms with E-state index in [1.807, 2.05) is 6.07 Å². The van der Waals surface area contributed by atoms with Gasteiger partial charge in [-0.1, -0.05) is 42.5 Å². The molecule has 0 bridgehead atoms. The fraction of sp³-hybridized carbons (Fsp3) is 0.192. The molecule has 0 spiro atoms. The van der Waals surface area contributed by atoms with Crippen LogP contribution in [-0.4, -0.2) is 27.6 Å². The van der Waals surface area contributed by atoms with E-state index in [0.717, 1.165) is 27.2 Å². The Kier molecular flexibility index (Phi) is 4.52. The first-order valence-corrected chi connectivity index (χ1v) is 11.6. The van der Waals surface area contributed by atoms with E-state index >= 15 is 0 Å². The van der Waals surface area contributed by atoms with Crippen molar-refractivity contribution in [2.45, 2.75) is 18.4 Å². The monoisotopic (exact) mass is 443 g/mol. The van der Waals surface area contributed by atoms with Gasteiger partial charge >= 0.3 is 0 Å². The molecule has 4 nitrogen and oxygen atoms in total. The van der Waals surface area contributed by atoms with Crippen molar-refractivity contribution < 1.29 is 9.50 Å². The number of hydrogen-bond donors (Lipinski definition) is 1. The molecule has 0 saturated carbocycles. The van der Waals surface area contributed by atoms with Crippen molar-refractivity contribution in [3.63, 3.8) is 0 Å². The molecule has 1 aliphatic heterocycles. The van der Waals surface area contributed by atoms with Crippen molar-refractivity contribution in [3.8, 4) is 10.4 Å². The molecule has 6 heteroatoms. The number of rotatable bonds is 3. The van der Waals surface area contributed by atoms with Crippen molar-refractivity contribution in [1.29, 1.82) is 0 Å². The Bertz CT molecular complexity index is 1400. The molecule has 3 aromatic heterocycles. The zero-order valence-electron chi connectivity index (χ0n) is 17.4. The van der Waals surface area contributed by atoms with E-state index in [-0.39, 0.29) is 5.82 Å². The van der Waals surface area contributed by atoms with Gasteiger partial charge in [0.1, 0.15) is 16.2 Å². The van der Waals surface area contributed by atoms with Crippen molar-refractivity contribution in [2.75, 3.05) is 18.0 Å². The molecule has 160 valence electrons. The summed E-state index contributed by atoms with van der Waals surface area (Å²) in [6.45, 7) is 1.37. The van der Waals surface area contributed by atoms with Crippen LogP contribution in [0.4, 0.5) is 10.2 Å². The summed E-state index contributed by atoms with van der Waals surface area (Å²) < 4.78 is 15.5. The van der Waals surface area contributed by atoms with Gasteiger partial charge in [0.2, 0.25) is 0 Å². The molecule has 6 rings (SSSR count). The minimum atomic E-state index is -0.935. The molecule has 0 amide bonds. The predicted molar refractivity (Wildman–Crippen MR) is 128 cm³/mol. The lowest BCUT2D eigenvalue weighted by Gasteiger charge is -2.39. The Balaban J connectivity index is 1.35. The topological polar surface area (TPSA) is 40.8 Å². The second-order valence-electron chi connectivity index (χ2n) is 8.39. The highest BCUT2D eigenvalue weighted by molar-refractivity contribution is 7.21. The normalized spacial score (nSPS) is 16.1. The quantitative estimate of drug-likeness (QED) is 0.381. The van der Waals surface area contributed by atoms with E-state index < -0.39 is 5.60 Å². The van der Waals surface area contributed by atoms with Crippen LogP contribution in [-0.2, 0) is 5.60 Å². The average molecular weight is 444 g/mol. The third-order valence-corrected chi connectivity index (χ3v) is 7.62. The van der Waals surface area contributed by atoms with Crippen LogP contribution in [0.3, 0.4) is 0 Å². The molecule has 1 aliphatic rings. The summed E-state index contributed by atoms with van der Waals surface area (Å²) in [4.78, 5) is 9.65. The second-order valence-corrected chi connectivity index (χ2v) is 9.42. The first kappa shape index (κ1) is 19.5. The molecule has 0 aliphatic carbocycles. The van der Waals surface area contributed by atoms with Crippen LogP contribution in [0.5, 0.6) is 0 Å². The van der Waals surface area contributed by atoms with Crippen LogP contribution < -0.4 is 4.90 Å². The Hall–Kier alpha value is -3.22. The number of benzene rings is 2. The van der Waals surface area contributed by atoms with E-state index in [1.165, 1.54) is 22.6 Å². The summed E-state index contributed by atoms with van der Waals surface area (Å²) in [6, 6.07) is 22.9. The standard InChI is InChI=1S/C26H22FN3OS/c27-20-10-8-19(9-11-20)26(31)12-15-29(16-13-26)24-22-7-4-14-30(22)25-21(28-24)17-23(32-25)18-5-2-1-3-6-18/h1-11,14,17,31H,12-13,15-16H2. The number of anilines is 1. The average Bonchev–Trinajstić information content (AvgIpc) is 3.47. The van der Waals surface area contributed by atoms with Gasteiger partial charge in [-0.25, -0.2) is 9.37 Å². The molecule has 0 radical (unpaired) electrons. The molecular weight excluding hydrogens is 421 g/mol. The molecule has 4 heterocycles. The number of aromatic nitrogens is 2. The van der Waals surface area contributed by atoms with Crippen molar-refractivity contribution in [2.24, 2.45) is 0 Å². The lowest BCUT2D eigenvalue weighted by atomic mass is 9.84. The van der Waals surface area contributed by atoms with Crippen molar-refractivity contribution in [3.05, 3.63) is 90.4 Å². The van der Waals surface area contributed by atoms with Crippen LogP contribution >= 0.6 is 11.3 Å². The van der Waals surface area contributed by atoms with E-state index in [4.69, 9.17) is 4.98 Å². The molecule has 32 heavy (non-hydrogen) atoms. The van der Waals surface area contributed by atoms with Crippen molar-refractivity contribution >= 4 is 33.0 Å². The Labute approximate surface area is 189 Å². The number of fused-ring (bicyclic) bond motifs is 3. The highest BCUT2D eigenvalue weighted by Crippen LogP contribution is 2.38. The largest absolute Gasteiger partial charge is 0.385 e. The van der Waals surface area contributed by atoms with Crippen molar-refractivity contribution in [1.82, 2.24) is 9.38 Å². The molecule has 1 fully saturated rings. The predicted octanol–water partition coefficient (Wildman–Crippen LogP) is 5.84. The van der Waals surface area contributed by atoms with Gasteiger partial charge in [0, 0.05) is 24.2 Å². The smallest absolute Gasteiger partial charge is 0.153 e. The minimum Gasteiger partial charge on any atom is -0.385 e. The number of piperidine rings is 1. The van der Waals surface area contributed by atoms with Gasteiger partial charge in [-0.3, -0.25) is 0 Å². The van der Waals surface area contributed by atoms with Crippen LogP contribution in [0.2, 0.25) is 0 Å². The fourth-order valence-corrected chi connectivity index (χ4v) is 5.75. The maximum absolute atomic E-state index is 13.3. The van der Waals surface area contributed by atoms with E-state index in [0.29, 0.717) is 25.9 Å². The molecule has 1 N–H and O–H groups in total. The summed E-state index contributed by atoms with van der Waals surface area (Å²) in [5.74, 6) is 0.662. The zero-order chi connectivity index (χ0) is 21.7. The SMILES string of the molecule is OC1(c2ccc(F)cc2)CCN(c2nc3cc(-c4ccccc4)sc3n3cccc23)CC1. The molecule has 5 aromatic rings. The molecular formula is C26H22FN3OS. The minimum absolute atomic E-state index is 0.284. The maximum atomic E-state index is 13.3.